The number of methoxy groups -OCH3 is 1. The molecule has 0 aromatic carbocycles. The SMILES string of the molecule is COc1cc(C(=O)N2C[C@@H]3CNCC[C@@H]32)cc2nc(-c3cc4ccc(N(C(F)F)S(C)(=O)=O)nc4n3CC3CC3)c(C)n12. The average molecular weight is 614 g/mol. The summed E-state index contributed by atoms with van der Waals surface area (Å²) in [5, 5.41) is 4.07. The fourth-order valence-electron chi connectivity index (χ4n) is 6.54. The number of nitrogens with zero attached hydrogens (tertiary/aromatic N) is 6. The maximum absolute atomic E-state index is 13.8. The Bertz CT molecular complexity index is 1870. The molecule has 2 atom stereocenters. The number of nitrogens with one attached hydrogen (secondary N) is 1. The second-order valence-corrected chi connectivity index (χ2v) is 13.7. The molecule has 7 rings (SSSR count). The van der Waals surface area contributed by atoms with Gasteiger partial charge in [-0.2, -0.15) is 13.1 Å². The molecule has 4 aromatic heterocycles. The molecule has 2 saturated heterocycles. The van der Waals surface area contributed by atoms with Crippen molar-refractivity contribution in [3.63, 3.8) is 0 Å². The van der Waals surface area contributed by atoms with E-state index in [-0.39, 0.29) is 22.1 Å². The lowest BCUT2D eigenvalue weighted by atomic mass is 9.83. The zero-order chi connectivity index (χ0) is 30.2. The van der Waals surface area contributed by atoms with Crippen molar-refractivity contribution in [1.29, 1.82) is 0 Å². The second kappa shape index (κ2) is 10.2. The number of fused-ring (bicyclic) bond motifs is 3. The van der Waals surface area contributed by atoms with Crippen molar-refractivity contribution in [2.24, 2.45) is 11.8 Å². The number of pyridine rings is 2. The number of amides is 1. The van der Waals surface area contributed by atoms with Gasteiger partial charge in [-0.05, 0) is 62.9 Å². The van der Waals surface area contributed by atoms with Gasteiger partial charge in [0.1, 0.15) is 22.8 Å². The number of likely N-dealkylation sites (tertiary alicyclic amines) is 1. The fraction of sp³-hybridized carbons (Fsp3) is 0.483. The van der Waals surface area contributed by atoms with Crippen molar-refractivity contribution in [1.82, 2.24) is 29.2 Å². The fourth-order valence-corrected chi connectivity index (χ4v) is 7.27. The van der Waals surface area contributed by atoms with Crippen LogP contribution in [0, 0.1) is 18.8 Å². The third kappa shape index (κ3) is 4.71. The Morgan fingerprint density at radius 2 is 1.98 bits per heavy atom. The first-order valence-electron chi connectivity index (χ1n) is 14.4. The molecular formula is C29H33F2N7O4S. The highest BCUT2D eigenvalue weighted by atomic mass is 32.2. The molecule has 0 bridgehead atoms. The van der Waals surface area contributed by atoms with E-state index in [1.54, 1.807) is 25.3 Å². The van der Waals surface area contributed by atoms with E-state index in [4.69, 9.17) is 9.72 Å². The van der Waals surface area contributed by atoms with Gasteiger partial charge in [-0.1, -0.05) is 0 Å². The first kappa shape index (κ1) is 28.0. The Morgan fingerprint density at radius 3 is 2.65 bits per heavy atom. The highest BCUT2D eigenvalue weighted by molar-refractivity contribution is 7.92. The second-order valence-electron chi connectivity index (χ2n) is 11.8. The zero-order valence-corrected chi connectivity index (χ0v) is 24.9. The molecule has 2 aliphatic heterocycles. The first-order chi connectivity index (χ1) is 20.5. The normalized spacial score (nSPS) is 20.5. The van der Waals surface area contributed by atoms with E-state index in [1.807, 2.05) is 26.9 Å². The minimum absolute atomic E-state index is 0.0321. The summed E-state index contributed by atoms with van der Waals surface area (Å²) >= 11 is 0. The van der Waals surface area contributed by atoms with Crippen molar-refractivity contribution in [2.75, 3.05) is 37.3 Å². The van der Waals surface area contributed by atoms with E-state index >= 15 is 0 Å². The number of alkyl halides is 2. The summed E-state index contributed by atoms with van der Waals surface area (Å²) in [6.07, 6.45) is 3.73. The predicted molar refractivity (Wildman–Crippen MR) is 157 cm³/mol. The number of aromatic nitrogens is 4. The van der Waals surface area contributed by atoms with Gasteiger partial charge in [0.05, 0.1) is 24.8 Å². The van der Waals surface area contributed by atoms with Crippen molar-refractivity contribution in [2.45, 2.75) is 45.3 Å². The number of piperidine rings is 1. The largest absolute Gasteiger partial charge is 0.482 e. The van der Waals surface area contributed by atoms with E-state index < -0.39 is 16.6 Å². The Morgan fingerprint density at radius 1 is 1.19 bits per heavy atom. The smallest absolute Gasteiger partial charge is 0.329 e. The third-order valence-electron chi connectivity index (χ3n) is 8.90. The molecule has 3 aliphatic rings. The van der Waals surface area contributed by atoms with Gasteiger partial charge in [-0.25, -0.2) is 18.4 Å². The predicted octanol–water partition coefficient (Wildman–Crippen LogP) is 3.50. The molecular weight excluding hydrogens is 580 g/mol. The Hall–Kier alpha value is -3.78. The first-order valence-corrected chi connectivity index (χ1v) is 16.3. The van der Waals surface area contributed by atoms with Crippen molar-refractivity contribution in [3.05, 3.63) is 41.6 Å². The van der Waals surface area contributed by atoms with Crippen LogP contribution < -0.4 is 14.4 Å². The van der Waals surface area contributed by atoms with Gasteiger partial charge < -0.3 is 19.5 Å². The Labute approximate surface area is 247 Å². The van der Waals surface area contributed by atoms with Crippen LogP contribution in [0.1, 0.15) is 35.3 Å². The highest BCUT2D eigenvalue weighted by Crippen LogP contribution is 2.38. The molecule has 1 N–H and O–H groups in total. The van der Waals surface area contributed by atoms with Crippen LogP contribution in [0.15, 0.2) is 30.3 Å². The number of carbonyl (C=O) groups excluding carboxylic acids is 1. The summed E-state index contributed by atoms with van der Waals surface area (Å²) in [4.78, 5) is 24.9. The van der Waals surface area contributed by atoms with Crippen molar-refractivity contribution < 1.29 is 26.7 Å². The molecule has 0 radical (unpaired) electrons. The zero-order valence-electron chi connectivity index (χ0n) is 24.1. The van der Waals surface area contributed by atoms with E-state index in [2.05, 4.69) is 10.3 Å². The van der Waals surface area contributed by atoms with Crippen LogP contribution in [0.25, 0.3) is 28.1 Å². The number of aryl methyl sites for hydroxylation is 1. The number of anilines is 1. The minimum Gasteiger partial charge on any atom is -0.482 e. The molecule has 0 spiro atoms. The minimum atomic E-state index is -4.26. The van der Waals surface area contributed by atoms with Crippen LogP contribution in [0.2, 0.25) is 0 Å². The van der Waals surface area contributed by atoms with Crippen LogP contribution in [-0.4, -0.2) is 83.8 Å². The topological polar surface area (TPSA) is 114 Å². The van der Waals surface area contributed by atoms with Crippen molar-refractivity contribution >= 4 is 38.4 Å². The molecule has 1 aliphatic carbocycles. The third-order valence-corrected chi connectivity index (χ3v) is 9.96. The van der Waals surface area contributed by atoms with Gasteiger partial charge in [-0.3, -0.25) is 9.20 Å². The molecule has 6 heterocycles. The molecule has 4 aromatic rings. The number of ether oxygens (including phenoxy) is 1. The number of sulfonamides is 1. The van der Waals surface area contributed by atoms with Gasteiger partial charge in [-0.15, -0.1) is 0 Å². The number of hydrogen-bond acceptors (Lipinski definition) is 7. The molecule has 11 nitrogen and oxygen atoms in total. The van der Waals surface area contributed by atoms with E-state index in [9.17, 15) is 22.0 Å². The molecule has 1 amide bonds. The quantitative estimate of drug-likeness (QED) is 0.303. The molecule has 0 unspecified atom stereocenters. The lowest BCUT2D eigenvalue weighted by Gasteiger charge is -2.51. The lowest BCUT2D eigenvalue weighted by molar-refractivity contribution is 0.00244. The summed E-state index contributed by atoms with van der Waals surface area (Å²) in [5.41, 5.74) is 3.61. The van der Waals surface area contributed by atoms with E-state index in [0.29, 0.717) is 52.2 Å². The number of imidazole rings is 1. The summed E-state index contributed by atoms with van der Waals surface area (Å²) in [5.74, 6) is 0.972. The van der Waals surface area contributed by atoms with E-state index in [0.717, 1.165) is 56.5 Å². The van der Waals surface area contributed by atoms with Gasteiger partial charge in [0.15, 0.2) is 5.88 Å². The standard InChI is InChI=1S/C29H33F2N7O4S/c1-16-26(33-24-11-19(12-25(42-2)37(16)24)28(39)36-15-20-13-32-9-8-21(20)36)22-10-18-6-7-23(38(29(30)31)43(3,40)41)34-27(18)35(22)14-17-4-5-17/h6-7,10-12,17,20-21,29,32H,4-5,8-9,13-15H2,1-3H3/t20-,21-/m0/s1. The molecule has 1 saturated carbocycles. The maximum atomic E-state index is 13.8. The number of rotatable bonds is 8. The molecule has 3 fully saturated rings. The van der Waals surface area contributed by atoms with Gasteiger partial charge >= 0.3 is 6.55 Å². The number of hydrogen-bond donors (Lipinski definition) is 1. The number of halogens is 2. The molecule has 43 heavy (non-hydrogen) atoms. The van der Waals surface area contributed by atoms with Crippen LogP contribution in [0.4, 0.5) is 14.6 Å². The summed E-state index contributed by atoms with van der Waals surface area (Å²) in [6, 6.07) is 8.57. The van der Waals surface area contributed by atoms with Crippen LogP contribution in [0.5, 0.6) is 5.88 Å². The summed E-state index contributed by atoms with van der Waals surface area (Å²) < 4.78 is 61.5. The summed E-state index contributed by atoms with van der Waals surface area (Å²) in [7, 11) is -2.70. The number of carbonyl (C=O) groups is 1. The lowest BCUT2D eigenvalue weighted by Crippen LogP contribution is -2.64. The highest BCUT2D eigenvalue weighted by Gasteiger charge is 2.43. The van der Waals surface area contributed by atoms with Gasteiger partial charge in [0.2, 0.25) is 10.0 Å². The van der Waals surface area contributed by atoms with Gasteiger partial charge in [0.25, 0.3) is 5.91 Å². The van der Waals surface area contributed by atoms with Crippen LogP contribution >= 0.6 is 0 Å². The van der Waals surface area contributed by atoms with E-state index in [1.165, 1.54) is 6.07 Å². The molecule has 228 valence electrons. The monoisotopic (exact) mass is 613 g/mol. The van der Waals surface area contributed by atoms with Crippen LogP contribution in [0.3, 0.4) is 0 Å². The summed E-state index contributed by atoms with van der Waals surface area (Å²) in [6.45, 7) is 1.78. The Kier molecular flexibility index (Phi) is 6.61. The van der Waals surface area contributed by atoms with Crippen molar-refractivity contribution in [3.8, 4) is 17.3 Å². The average Bonchev–Trinajstić information content (AvgIpc) is 3.62. The Balaban J connectivity index is 1.33. The van der Waals surface area contributed by atoms with Gasteiger partial charge in [0, 0.05) is 48.6 Å². The molecule has 14 heteroatoms. The van der Waals surface area contributed by atoms with Crippen LogP contribution in [-0.2, 0) is 16.6 Å². The maximum Gasteiger partial charge on any atom is 0.329 e.